The molecular formula is C18H19N3O2. The molecule has 5 nitrogen and oxygen atoms in total. The van der Waals surface area contributed by atoms with E-state index in [1.54, 1.807) is 0 Å². The summed E-state index contributed by atoms with van der Waals surface area (Å²) in [5, 5.41) is 7.09. The molecule has 0 aliphatic carbocycles. The van der Waals surface area contributed by atoms with Crippen LogP contribution in [0.2, 0.25) is 0 Å². The van der Waals surface area contributed by atoms with E-state index in [1.165, 1.54) is 0 Å². The zero-order valence-electron chi connectivity index (χ0n) is 12.9. The summed E-state index contributed by atoms with van der Waals surface area (Å²) < 4.78 is 5.51. The predicted octanol–water partition coefficient (Wildman–Crippen LogP) is 3.62. The fourth-order valence-corrected chi connectivity index (χ4v) is 2.44. The van der Waals surface area contributed by atoms with Crippen LogP contribution in [0.15, 0.2) is 54.7 Å². The van der Waals surface area contributed by atoms with Gasteiger partial charge in [0.1, 0.15) is 5.75 Å². The zero-order valence-corrected chi connectivity index (χ0v) is 12.9. The number of nitrogens with one attached hydrogen (secondary N) is 3. The smallest absolute Gasteiger partial charge is 0.243 e. The number of aromatic amines is 1. The Labute approximate surface area is 134 Å². The number of rotatable bonds is 6. The minimum Gasteiger partial charge on any atom is -0.492 e. The predicted molar refractivity (Wildman–Crippen MR) is 93.0 cm³/mol. The van der Waals surface area contributed by atoms with Gasteiger partial charge in [-0.3, -0.25) is 4.79 Å². The summed E-state index contributed by atoms with van der Waals surface area (Å²) in [4.78, 5) is 15.3. The summed E-state index contributed by atoms with van der Waals surface area (Å²) >= 11 is 0. The van der Waals surface area contributed by atoms with Gasteiger partial charge in [0.2, 0.25) is 5.91 Å². The molecule has 0 radical (unpaired) electrons. The molecule has 0 spiro atoms. The van der Waals surface area contributed by atoms with Crippen molar-refractivity contribution in [2.45, 2.75) is 6.92 Å². The maximum absolute atomic E-state index is 12.2. The third-order valence-electron chi connectivity index (χ3n) is 3.49. The second kappa shape index (κ2) is 6.87. The van der Waals surface area contributed by atoms with Crippen molar-refractivity contribution in [1.29, 1.82) is 0 Å². The number of hydrogen-bond donors (Lipinski definition) is 3. The molecule has 1 aromatic heterocycles. The van der Waals surface area contributed by atoms with Crippen molar-refractivity contribution in [1.82, 2.24) is 4.98 Å². The summed E-state index contributed by atoms with van der Waals surface area (Å²) in [6.07, 6.45) is 1.87. The van der Waals surface area contributed by atoms with Gasteiger partial charge >= 0.3 is 0 Å². The second-order valence-electron chi connectivity index (χ2n) is 5.08. The van der Waals surface area contributed by atoms with E-state index in [1.807, 2.05) is 61.7 Å². The van der Waals surface area contributed by atoms with E-state index in [4.69, 9.17) is 4.74 Å². The number of hydrogen-bond acceptors (Lipinski definition) is 3. The lowest BCUT2D eigenvalue weighted by atomic mass is 10.2. The maximum atomic E-state index is 12.2. The third kappa shape index (κ3) is 3.45. The topological polar surface area (TPSA) is 66.2 Å². The highest BCUT2D eigenvalue weighted by molar-refractivity contribution is 5.98. The molecule has 1 heterocycles. The van der Waals surface area contributed by atoms with Crippen LogP contribution < -0.4 is 15.4 Å². The van der Waals surface area contributed by atoms with Crippen LogP contribution in [0.4, 0.5) is 11.4 Å². The first-order valence-corrected chi connectivity index (χ1v) is 7.59. The largest absolute Gasteiger partial charge is 0.492 e. The Bertz CT molecular complexity index is 811. The number of anilines is 2. The molecule has 0 aliphatic heterocycles. The number of H-pyrrole nitrogens is 1. The molecular weight excluding hydrogens is 290 g/mol. The van der Waals surface area contributed by atoms with Gasteiger partial charge in [-0.1, -0.05) is 30.3 Å². The van der Waals surface area contributed by atoms with Crippen molar-refractivity contribution in [3.63, 3.8) is 0 Å². The first-order chi connectivity index (χ1) is 11.3. The van der Waals surface area contributed by atoms with Crippen LogP contribution in [0, 0.1) is 0 Å². The van der Waals surface area contributed by atoms with Crippen LogP contribution in [-0.2, 0) is 4.79 Å². The number of para-hydroxylation sites is 3. The molecule has 5 heteroatoms. The minimum absolute atomic E-state index is 0.123. The van der Waals surface area contributed by atoms with E-state index in [0.29, 0.717) is 18.0 Å². The second-order valence-corrected chi connectivity index (χ2v) is 5.08. The van der Waals surface area contributed by atoms with E-state index in [0.717, 1.165) is 16.6 Å². The molecule has 0 aliphatic rings. The Kier molecular flexibility index (Phi) is 4.47. The Morgan fingerprint density at radius 3 is 2.74 bits per heavy atom. The van der Waals surface area contributed by atoms with Gasteiger partial charge in [0, 0.05) is 17.1 Å². The average molecular weight is 309 g/mol. The van der Waals surface area contributed by atoms with Gasteiger partial charge in [0.15, 0.2) is 0 Å². The molecule has 0 bridgehead atoms. The molecule has 3 rings (SSSR count). The van der Waals surface area contributed by atoms with Crippen molar-refractivity contribution in [3.8, 4) is 5.75 Å². The number of aromatic nitrogens is 1. The van der Waals surface area contributed by atoms with Crippen molar-refractivity contribution in [2.75, 3.05) is 23.8 Å². The lowest BCUT2D eigenvalue weighted by molar-refractivity contribution is -0.114. The summed E-state index contributed by atoms with van der Waals surface area (Å²) in [7, 11) is 0. The van der Waals surface area contributed by atoms with Crippen molar-refractivity contribution < 1.29 is 9.53 Å². The lowest BCUT2D eigenvalue weighted by Crippen LogP contribution is -2.22. The van der Waals surface area contributed by atoms with Gasteiger partial charge in [-0.2, -0.15) is 0 Å². The number of carbonyl (C=O) groups excluding carboxylic acids is 1. The van der Waals surface area contributed by atoms with Crippen molar-refractivity contribution in [3.05, 3.63) is 54.7 Å². The molecule has 0 saturated carbocycles. The van der Waals surface area contributed by atoms with Gasteiger partial charge in [0.05, 0.1) is 24.5 Å². The zero-order chi connectivity index (χ0) is 16.1. The molecule has 0 fully saturated rings. The summed E-state index contributed by atoms with van der Waals surface area (Å²) in [6.45, 7) is 2.65. The number of amides is 1. The van der Waals surface area contributed by atoms with E-state index in [-0.39, 0.29) is 12.5 Å². The van der Waals surface area contributed by atoms with Crippen LogP contribution >= 0.6 is 0 Å². The molecule has 2 aromatic carbocycles. The Morgan fingerprint density at radius 2 is 1.87 bits per heavy atom. The average Bonchev–Trinajstić information content (AvgIpc) is 2.98. The molecule has 23 heavy (non-hydrogen) atoms. The normalized spacial score (nSPS) is 10.5. The summed E-state index contributed by atoms with van der Waals surface area (Å²) in [5.41, 5.74) is 2.63. The highest BCUT2D eigenvalue weighted by Gasteiger charge is 2.08. The van der Waals surface area contributed by atoms with Gasteiger partial charge in [-0.05, 0) is 25.1 Å². The maximum Gasteiger partial charge on any atom is 0.243 e. The highest BCUT2D eigenvalue weighted by Crippen LogP contribution is 2.24. The first kappa shape index (κ1) is 15.0. The van der Waals surface area contributed by atoms with Gasteiger partial charge < -0.3 is 20.4 Å². The van der Waals surface area contributed by atoms with E-state index < -0.39 is 0 Å². The minimum atomic E-state index is -0.123. The van der Waals surface area contributed by atoms with E-state index in [9.17, 15) is 4.79 Å². The number of benzene rings is 2. The molecule has 118 valence electrons. The summed E-state index contributed by atoms with van der Waals surface area (Å²) in [6, 6.07) is 15.4. The Balaban J connectivity index is 1.64. The molecule has 3 N–H and O–H groups in total. The molecule has 3 aromatic rings. The van der Waals surface area contributed by atoms with Crippen LogP contribution in [0.25, 0.3) is 10.9 Å². The van der Waals surface area contributed by atoms with Crippen LogP contribution in [0.1, 0.15) is 6.92 Å². The first-order valence-electron chi connectivity index (χ1n) is 7.59. The SMILES string of the molecule is CCOc1ccccc1NC(=O)CNc1c[nH]c2ccccc12. The molecule has 0 saturated heterocycles. The number of ether oxygens (including phenoxy) is 1. The lowest BCUT2D eigenvalue weighted by Gasteiger charge is -2.11. The number of fused-ring (bicyclic) bond motifs is 1. The fraction of sp³-hybridized carbons (Fsp3) is 0.167. The van der Waals surface area contributed by atoms with Gasteiger partial charge in [-0.25, -0.2) is 0 Å². The van der Waals surface area contributed by atoms with Crippen LogP contribution in [0.3, 0.4) is 0 Å². The molecule has 0 unspecified atom stereocenters. The van der Waals surface area contributed by atoms with Crippen molar-refractivity contribution in [2.24, 2.45) is 0 Å². The summed E-state index contributed by atoms with van der Waals surface area (Å²) in [5.74, 6) is 0.554. The monoisotopic (exact) mass is 309 g/mol. The third-order valence-corrected chi connectivity index (χ3v) is 3.49. The fourth-order valence-electron chi connectivity index (χ4n) is 2.44. The van der Waals surface area contributed by atoms with Gasteiger partial charge in [-0.15, -0.1) is 0 Å². The van der Waals surface area contributed by atoms with Gasteiger partial charge in [0.25, 0.3) is 0 Å². The van der Waals surface area contributed by atoms with E-state index >= 15 is 0 Å². The quantitative estimate of drug-likeness (QED) is 0.651. The van der Waals surface area contributed by atoms with Crippen molar-refractivity contribution >= 4 is 28.2 Å². The molecule has 1 amide bonds. The highest BCUT2D eigenvalue weighted by atomic mass is 16.5. The van der Waals surface area contributed by atoms with Crippen LogP contribution in [0.5, 0.6) is 5.75 Å². The Morgan fingerprint density at radius 1 is 1.09 bits per heavy atom. The van der Waals surface area contributed by atoms with E-state index in [2.05, 4.69) is 15.6 Å². The standard InChI is InChI=1S/C18H19N3O2/c1-2-23-17-10-6-5-9-15(17)21-18(22)12-20-16-11-19-14-8-4-3-7-13(14)16/h3-11,19-20H,2,12H2,1H3,(H,21,22). The number of carbonyl (C=O) groups is 1. The Hall–Kier alpha value is -2.95. The van der Waals surface area contributed by atoms with Crippen LogP contribution in [-0.4, -0.2) is 24.0 Å². The molecule has 0 atom stereocenters.